The number of non-ortho nitro benzene ring substituents is 1. The zero-order valence-electron chi connectivity index (χ0n) is 14.8. The molecule has 132 valence electrons. The fourth-order valence-corrected chi connectivity index (χ4v) is 2.99. The smallest absolute Gasteiger partial charge is 0.269 e. The second-order valence-electron chi connectivity index (χ2n) is 6.39. The number of hydrogen-bond acceptors (Lipinski definition) is 3. The van der Waals surface area contributed by atoms with Gasteiger partial charge in [-0.1, -0.05) is 54.6 Å². The molecule has 0 aromatic heterocycles. The molecular weight excluding hydrogens is 328 g/mol. The molecule has 3 aromatic rings. The Morgan fingerprint density at radius 3 is 2.50 bits per heavy atom. The molecule has 0 aliphatic rings. The molecule has 0 aliphatic heterocycles. The highest BCUT2D eigenvalue weighted by Crippen LogP contribution is 2.24. The molecule has 0 fully saturated rings. The molecule has 0 aliphatic carbocycles. The summed E-state index contributed by atoms with van der Waals surface area (Å²) in [6.45, 7) is 1.87. The Bertz CT molecular complexity index is 968. The summed E-state index contributed by atoms with van der Waals surface area (Å²) in [5, 5.41) is 13.2. The van der Waals surface area contributed by atoms with Gasteiger partial charge in [-0.05, 0) is 28.8 Å². The van der Waals surface area contributed by atoms with Crippen LogP contribution in [-0.2, 0) is 11.2 Å². The molecule has 0 heterocycles. The molecule has 0 spiro atoms. The molecule has 3 aromatic carbocycles. The molecule has 3 rings (SSSR count). The van der Waals surface area contributed by atoms with Crippen LogP contribution in [0.1, 0.15) is 24.1 Å². The normalized spacial score (nSPS) is 11.9. The van der Waals surface area contributed by atoms with Gasteiger partial charge in [0.05, 0.1) is 17.4 Å². The van der Waals surface area contributed by atoms with Crippen molar-refractivity contribution in [3.8, 4) is 0 Å². The molecule has 0 saturated carbocycles. The number of fused-ring (bicyclic) bond motifs is 1. The Kier molecular flexibility index (Phi) is 4.98. The predicted molar refractivity (Wildman–Crippen MR) is 102 cm³/mol. The Hall–Kier alpha value is -3.21. The predicted octanol–water partition coefficient (Wildman–Crippen LogP) is 4.51. The SMILES string of the molecule is C[C@H](c1cccc([N+](=O)[O-])c1)N(C)C(=O)Cc1ccc2ccccc2c1. The molecule has 26 heavy (non-hydrogen) atoms. The van der Waals surface area contributed by atoms with Crippen molar-refractivity contribution in [1.82, 2.24) is 4.90 Å². The highest BCUT2D eigenvalue weighted by atomic mass is 16.6. The number of carbonyl (C=O) groups excluding carboxylic acids is 1. The summed E-state index contributed by atoms with van der Waals surface area (Å²) in [7, 11) is 1.73. The van der Waals surface area contributed by atoms with Gasteiger partial charge in [0.25, 0.3) is 5.69 Å². The minimum Gasteiger partial charge on any atom is -0.339 e. The zero-order valence-corrected chi connectivity index (χ0v) is 14.8. The second kappa shape index (κ2) is 7.35. The molecule has 0 bridgehead atoms. The van der Waals surface area contributed by atoms with E-state index in [-0.39, 0.29) is 17.6 Å². The minimum absolute atomic E-state index is 0.0284. The van der Waals surface area contributed by atoms with Crippen LogP contribution in [0.25, 0.3) is 10.8 Å². The van der Waals surface area contributed by atoms with Gasteiger partial charge in [-0.15, -0.1) is 0 Å². The van der Waals surface area contributed by atoms with Gasteiger partial charge in [0.1, 0.15) is 0 Å². The topological polar surface area (TPSA) is 63.5 Å². The lowest BCUT2D eigenvalue weighted by atomic mass is 10.0. The first-order valence-electron chi connectivity index (χ1n) is 8.43. The average molecular weight is 348 g/mol. The number of amides is 1. The summed E-state index contributed by atoms with van der Waals surface area (Å²) in [6.07, 6.45) is 0.292. The van der Waals surface area contributed by atoms with Crippen molar-refractivity contribution in [1.29, 1.82) is 0 Å². The van der Waals surface area contributed by atoms with Crippen molar-refractivity contribution < 1.29 is 9.72 Å². The Morgan fingerprint density at radius 2 is 1.77 bits per heavy atom. The van der Waals surface area contributed by atoms with Crippen LogP contribution in [0.5, 0.6) is 0 Å². The van der Waals surface area contributed by atoms with Crippen LogP contribution in [0.3, 0.4) is 0 Å². The highest BCUT2D eigenvalue weighted by Gasteiger charge is 2.19. The van der Waals surface area contributed by atoms with Crippen LogP contribution < -0.4 is 0 Å². The van der Waals surface area contributed by atoms with Crippen molar-refractivity contribution >= 4 is 22.4 Å². The standard InChI is InChI=1S/C21H20N2O3/c1-15(18-8-5-9-20(14-18)23(25)26)22(2)21(24)13-16-10-11-17-6-3-4-7-19(17)12-16/h3-12,14-15H,13H2,1-2H3/t15-/m1/s1. The first-order chi connectivity index (χ1) is 12.5. The fourth-order valence-electron chi connectivity index (χ4n) is 2.99. The summed E-state index contributed by atoms with van der Waals surface area (Å²) < 4.78 is 0. The van der Waals surface area contributed by atoms with Gasteiger partial charge in [0.2, 0.25) is 5.91 Å². The molecule has 1 amide bonds. The largest absolute Gasteiger partial charge is 0.339 e. The van der Waals surface area contributed by atoms with Crippen LogP contribution in [0, 0.1) is 10.1 Å². The third-order valence-corrected chi connectivity index (χ3v) is 4.71. The summed E-state index contributed by atoms with van der Waals surface area (Å²) in [6, 6.07) is 20.2. The van der Waals surface area contributed by atoms with Crippen LogP contribution in [0.15, 0.2) is 66.7 Å². The van der Waals surface area contributed by atoms with E-state index < -0.39 is 4.92 Å². The lowest BCUT2D eigenvalue weighted by Gasteiger charge is -2.25. The molecule has 0 N–H and O–H groups in total. The Balaban J connectivity index is 1.75. The lowest BCUT2D eigenvalue weighted by molar-refractivity contribution is -0.384. The van der Waals surface area contributed by atoms with Crippen LogP contribution in [0.2, 0.25) is 0 Å². The summed E-state index contributed by atoms with van der Waals surface area (Å²) in [5.74, 6) is -0.0284. The molecule has 5 heteroatoms. The van der Waals surface area contributed by atoms with Crippen molar-refractivity contribution in [3.05, 3.63) is 88.0 Å². The lowest BCUT2D eigenvalue weighted by Crippen LogP contribution is -2.31. The fraction of sp³-hybridized carbons (Fsp3) is 0.190. The van der Waals surface area contributed by atoms with Gasteiger partial charge in [-0.3, -0.25) is 14.9 Å². The van der Waals surface area contributed by atoms with Crippen molar-refractivity contribution in [3.63, 3.8) is 0 Å². The van der Waals surface area contributed by atoms with E-state index >= 15 is 0 Å². The molecular formula is C21H20N2O3. The van der Waals surface area contributed by atoms with Crippen molar-refractivity contribution in [2.24, 2.45) is 0 Å². The quantitative estimate of drug-likeness (QED) is 0.503. The van der Waals surface area contributed by atoms with Gasteiger partial charge < -0.3 is 4.90 Å². The van der Waals surface area contributed by atoms with Crippen LogP contribution in [0.4, 0.5) is 5.69 Å². The number of nitro groups is 1. The maximum absolute atomic E-state index is 12.7. The maximum atomic E-state index is 12.7. The van der Waals surface area contributed by atoms with E-state index in [0.29, 0.717) is 6.42 Å². The second-order valence-corrected chi connectivity index (χ2v) is 6.39. The number of carbonyl (C=O) groups is 1. The summed E-state index contributed by atoms with van der Waals surface area (Å²) in [5.41, 5.74) is 1.73. The minimum atomic E-state index is -0.423. The number of nitrogens with zero attached hydrogens (tertiary/aromatic N) is 2. The third-order valence-electron chi connectivity index (χ3n) is 4.71. The molecule has 0 unspecified atom stereocenters. The zero-order chi connectivity index (χ0) is 18.7. The average Bonchev–Trinajstić information content (AvgIpc) is 2.66. The third kappa shape index (κ3) is 3.72. The van der Waals surface area contributed by atoms with E-state index in [9.17, 15) is 14.9 Å². The van der Waals surface area contributed by atoms with E-state index in [1.54, 1.807) is 24.1 Å². The molecule has 0 radical (unpaired) electrons. The van der Waals surface area contributed by atoms with E-state index in [4.69, 9.17) is 0 Å². The van der Waals surface area contributed by atoms with Crippen molar-refractivity contribution in [2.45, 2.75) is 19.4 Å². The van der Waals surface area contributed by atoms with E-state index in [0.717, 1.165) is 21.9 Å². The van der Waals surface area contributed by atoms with Crippen LogP contribution >= 0.6 is 0 Å². The maximum Gasteiger partial charge on any atom is 0.269 e. The first kappa shape index (κ1) is 17.6. The molecule has 1 atom stereocenters. The van der Waals surface area contributed by atoms with E-state index in [2.05, 4.69) is 0 Å². The van der Waals surface area contributed by atoms with Crippen molar-refractivity contribution in [2.75, 3.05) is 7.05 Å². The number of likely N-dealkylation sites (N-methyl/N-ethyl adjacent to an activating group) is 1. The Morgan fingerprint density at radius 1 is 1.04 bits per heavy atom. The highest BCUT2D eigenvalue weighted by molar-refractivity contribution is 5.85. The van der Waals surface area contributed by atoms with Gasteiger partial charge >= 0.3 is 0 Å². The number of rotatable bonds is 5. The summed E-state index contributed by atoms with van der Waals surface area (Å²) in [4.78, 5) is 24.8. The van der Waals surface area contributed by atoms with Gasteiger partial charge in [-0.2, -0.15) is 0 Å². The van der Waals surface area contributed by atoms with E-state index in [1.807, 2.05) is 49.4 Å². The number of hydrogen-bond donors (Lipinski definition) is 0. The number of nitro benzene ring substituents is 1. The summed E-state index contributed by atoms with van der Waals surface area (Å²) >= 11 is 0. The van der Waals surface area contributed by atoms with Gasteiger partial charge in [-0.25, -0.2) is 0 Å². The monoisotopic (exact) mass is 348 g/mol. The molecule has 5 nitrogen and oxygen atoms in total. The molecule has 0 saturated heterocycles. The first-order valence-corrected chi connectivity index (χ1v) is 8.43. The van der Waals surface area contributed by atoms with Crippen LogP contribution in [-0.4, -0.2) is 22.8 Å². The van der Waals surface area contributed by atoms with Gasteiger partial charge in [0.15, 0.2) is 0 Å². The number of benzene rings is 3. The van der Waals surface area contributed by atoms with E-state index in [1.165, 1.54) is 12.1 Å². The Labute approximate surface area is 152 Å². The van der Waals surface area contributed by atoms with Gasteiger partial charge in [0, 0.05) is 19.2 Å².